The minimum absolute atomic E-state index is 0.110. The first-order valence-corrected chi connectivity index (χ1v) is 9.62. The third-order valence-electron chi connectivity index (χ3n) is 5.45. The summed E-state index contributed by atoms with van der Waals surface area (Å²) in [7, 11) is -2.87. The predicted molar refractivity (Wildman–Crippen MR) is 76.7 cm³/mol. The van der Waals surface area contributed by atoms with E-state index in [-0.39, 0.29) is 5.25 Å². The van der Waals surface area contributed by atoms with E-state index in [9.17, 15) is 8.42 Å². The molecule has 3 aliphatic rings. The number of piperidine rings is 1. The monoisotopic (exact) mass is 286 g/mol. The summed E-state index contributed by atoms with van der Waals surface area (Å²) in [5.41, 5.74) is 6.12. The van der Waals surface area contributed by atoms with Crippen LogP contribution < -0.4 is 5.73 Å². The standard InChI is InChI=1S/C14H26N2O2S/c1-19(17,18)14-4-2-3-11(9-14)16-12-5-6-13(16)8-10(15)7-12/h10-14H,2-9,15H2,1H3. The molecule has 0 radical (unpaired) electrons. The molecule has 2 heterocycles. The van der Waals surface area contributed by atoms with E-state index in [0.717, 1.165) is 32.1 Å². The average molecular weight is 286 g/mol. The summed E-state index contributed by atoms with van der Waals surface area (Å²) in [4.78, 5) is 2.65. The molecular formula is C14H26N2O2S. The molecule has 3 fully saturated rings. The molecule has 0 aromatic heterocycles. The van der Waals surface area contributed by atoms with Gasteiger partial charge in [0.2, 0.25) is 0 Å². The lowest BCUT2D eigenvalue weighted by Gasteiger charge is -2.45. The Kier molecular flexibility index (Phi) is 3.65. The fraction of sp³-hybridized carbons (Fsp3) is 1.00. The Morgan fingerprint density at radius 1 is 0.947 bits per heavy atom. The van der Waals surface area contributed by atoms with E-state index >= 15 is 0 Å². The fourth-order valence-corrected chi connectivity index (χ4v) is 5.80. The second-order valence-electron chi connectivity index (χ2n) is 6.84. The highest BCUT2D eigenvalue weighted by Gasteiger charge is 2.44. The summed E-state index contributed by atoms with van der Waals surface area (Å²) in [6.45, 7) is 0. The van der Waals surface area contributed by atoms with Gasteiger partial charge < -0.3 is 5.73 Å². The minimum Gasteiger partial charge on any atom is -0.328 e. The molecule has 0 aromatic carbocycles. The van der Waals surface area contributed by atoms with Crippen molar-refractivity contribution >= 4 is 9.84 Å². The van der Waals surface area contributed by atoms with Crippen LogP contribution in [0.4, 0.5) is 0 Å². The van der Waals surface area contributed by atoms with Gasteiger partial charge in [-0.15, -0.1) is 0 Å². The smallest absolute Gasteiger partial charge is 0.150 e. The van der Waals surface area contributed by atoms with Crippen LogP contribution in [0.15, 0.2) is 0 Å². The van der Waals surface area contributed by atoms with Crippen LogP contribution in [0.2, 0.25) is 0 Å². The van der Waals surface area contributed by atoms with Gasteiger partial charge in [0.05, 0.1) is 5.25 Å². The van der Waals surface area contributed by atoms with E-state index in [1.165, 1.54) is 25.5 Å². The van der Waals surface area contributed by atoms with E-state index in [1.54, 1.807) is 0 Å². The number of hydrogen-bond acceptors (Lipinski definition) is 4. The van der Waals surface area contributed by atoms with E-state index in [4.69, 9.17) is 5.73 Å². The van der Waals surface area contributed by atoms with Crippen molar-refractivity contribution in [2.24, 2.45) is 5.73 Å². The number of hydrogen-bond donors (Lipinski definition) is 1. The van der Waals surface area contributed by atoms with E-state index in [1.807, 2.05) is 0 Å². The quantitative estimate of drug-likeness (QED) is 0.831. The summed E-state index contributed by atoms with van der Waals surface area (Å²) in [5, 5.41) is -0.110. The molecule has 0 spiro atoms. The molecule has 4 nitrogen and oxygen atoms in total. The summed E-state index contributed by atoms with van der Waals surface area (Å²) in [6, 6.07) is 2.09. The molecule has 4 atom stereocenters. The zero-order chi connectivity index (χ0) is 13.6. The maximum Gasteiger partial charge on any atom is 0.150 e. The van der Waals surface area contributed by atoms with Gasteiger partial charge in [-0.05, 0) is 44.9 Å². The second kappa shape index (κ2) is 5.01. The molecule has 2 N–H and O–H groups in total. The molecule has 2 aliphatic heterocycles. The van der Waals surface area contributed by atoms with Crippen LogP contribution in [0.1, 0.15) is 51.4 Å². The Morgan fingerprint density at radius 2 is 1.53 bits per heavy atom. The highest BCUT2D eigenvalue weighted by atomic mass is 32.2. The lowest BCUT2D eigenvalue weighted by Crippen LogP contribution is -2.53. The Bertz CT molecular complexity index is 423. The van der Waals surface area contributed by atoms with Gasteiger partial charge in [-0.1, -0.05) is 6.42 Å². The molecule has 1 saturated carbocycles. The molecule has 4 unspecified atom stereocenters. The van der Waals surface area contributed by atoms with Crippen molar-refractivity contribution in [3.05, 3.63) is 0 Å². The first kappa shape index (κ1) is 13.8. The van der Waals surface area contributed by atoms with Crippen molar-refractivity contribution in [3.63, 3.8) is 0 Å². The third-order valence-corrected chi connectivity index (χ3v) is 7.09. The molecule has 2 saturated heterocycles. The first-order valence-electron chi connectivity index (χ1n) is 7.67. The molecule has 19 heavy (non-hydrogen) atoms. The van der Waals surface area contributed by atoms with Crippen LogP contribution in [-0.2, 0) is 9.84 Å². The van der Waals surface area contributed by atoms with Crippen LogP contribution in [0.5, 0.6) is 0 Å². The highest BCUT2D eigenvalue weighted by Crippen LogP contribution is 2.40. The molecule has 0 amide bonds. The lowest BCUT2D eigenvalue weighted by atomic mass is 9.89. The van der Waals surface area contributed by atoms with Crippen molar-refractivity contribution in [1.29, 1.82) is 0 Å². The zero-order valence-corrected chi connectivity index (χ0v) is 12.6. The first-order chi connectivity index (χ1) is 8.95. The van der Waals surface area contributed by atoms with E-state index in [0.29, 0.717) is 24.2 Å². The number of fused-ring (bicyclic) bond motifs is 2. The zero-order valence-electron chi connectivity index (χ0n) is 11.8. The van der Waals surface area contributed by atoms with Crippen molar-refractivity contribution in [3.8, 4) is 0 Å². The van der Waals surface area contributed by atoms with E-state index < -0.39 is 9.84 Å². The minimum atomic E-state index is -2.87. The Hall–Kier alpha value is -0.130. The molecule has 0 aromatic rings. The largest absolute Gasteiger partial charge is 0.328 e. The lowest BCUT2D eigenvalue weighted by molar-refractivity contribution is 0.0585. The summed E-state index contributed by atoms with van der Waals surface area (Å²) >= 11 is 0. The predicted octanol–water partition coefficient (Wildman–Crippen LogP) is 1.30. The Labute approximate surface area is 116 Å². The molecule has 5 heteroatoms. The number of nitrogens with two attached hydrogens (primary N) is 1. The maximum absolute atomic E-state index is 11.8. The van der Waals surface area contributed by atoms with Crippen molar-refractivity contribution in [2.75, 3.05) is 6.26 Å². The van der Waals surface area contributed by atoms with Crippen LogP contribution in [-0.4, -0.2) is 49.0 Å². The van der Waals surface area contributed by atoms with Gasteiger partial charge in [0, 0.05) is 30.4 Å². The average Bonchev–Trinajstić information content (AvgIpc) is 2.61. The normalized spacial score (nSPS) is 44.4. The third kappa shape index (κ3) is 2.69. The second-order valence-corrected chi connectivity index (χ2v) is 9.16. The van der Waals surface area contributed by atoms with Crippen molar-refractivity contribution < 1.29 is 8.42 Å². The van der Waals surface area contributed by atoms with Gasteiger partial charge in [0.15, 0.2) is 0 Å². The number of sulfone groups is 1. The van der Waals surface area contributed by atoms with Crippen molar-refractivity contribution in [1.82, 2.24) is 4.90 Å². The van der Waals surface area contributed by atoms with Crippen LogP contribution >= 0.6 is 0 Å². The fourth-order valence-electron chi connectivity index (χ4n) is 4.63. The van der Waals surface area contributed by atoms with Crippen LogP contribution in [0.25, 0.3) is 0 Å². The molecular weight excluding hydrogens is 260 g/mol. The van der Waals surface area contributed by atoms with Crippen molar-refractivity contribution in [2.45, 2.75) is 80.8 Å². The van der Waals surface area contributed by atoms with E-state index in [2.05, 4.69) is 4.90 Å². The van der Waals surface area contributed by atoms with Gasteiger partial charge in [-0.3, -0.25) is 4.90 Å². The Balaban J connectivity index is 1.73. The molecule has 110 valence electrons. The molecule has 1 aliphatic carbocycles. The molecule has 3 rings (SSSR count). The van der Waals surface area contributed by atoms with Gasteiger partial charge >= 0.3 is 0 Å². The summed E-state index contributed by atoms with van der Waals surface area (Å²) in [5.74, 6) is 0. The van der Waals surface area contributed by atoms with Gasteiger partial charge in [0.1, 0.15) is 9.84 Å². The van der Waals surface area contributed by atoms with Gasteiger partial charge in [0.25, 0.3) is 0 Å². The van der Waals surface area contributed by atoms with Crippen LogP contribution in [0.3, 0.4) is 0 Å². The topological polar surface area (TPSA) is 63.4 Å². The number of nitrogens with zero attached hydrogens (tertiary/aromatic N) is 1. The summed E-state index contributed by atoms with van der Waals surface area (Å²) in [6.07, 6.45) is 10.1. The van der Waals surface area contributed by atoms with Gasteiger partial charge in [-0.2, -0.15) is 0 Å². The van der Waals surface area contributed by atoms with Gasteiger partial charge in [-0.25, -0.2) is 8.42 Å². The highest BCUT2D eigenvalue weighted by molar-refractivity contribution is 7.91. The number of rotatable bonds is 2. The maximum atomic E-state index is 11.8. The Morgan fingerprint density at radius 3 is 2.11 bits per heavy atom. The summed E-state index contributed by atoms with van der Waals surface area (Å²) < 4.78 is 23.6. The molecule has 2 bridgehead atoms. The van der Waals surface area contributed by atoms with Crippen LogP contribution in [0, 0.1) is 0 Å². The SMILES string of the molecule is CS(=O)(=O)C1CCCC(N2C3CCC2CC(N)C3)C1.